The van der Waals surface area contributed by atoms with Crippen LogP contribution in [0.2, 0.25) is 0 Å². The number of ether oxygens (including phenoxy) is 4. The average Bonchev–Trinajstić information content (AvgIpc) is 3.04. The van der Waals surface area contributed by atoms with E-state index in [9.17, 15) is 14.7 Å². The van der Waals surface area contributed by atoms with Gasteiger partial charge in [-0.15, -0.1) is 0 Å². The number of nitrogens with zero attached hydrogens (tertiary/aromatic N) is 2. The molecule has 10 heteroatoms. The Morgan fingerprint density at radius 3 is 2.30 bits per heavy atom. The number of aromatic hydroxyl groups is 1. The summed E-state index contributed by atoms with van der Waals surface area (Å²) in [6.45, 7) is 4.33. The Morgan fingerprint density at radius 1 is 0.860 bits per heavy atom. The normalized spacial score (nSPS) is 13.6. The van der Waals surface area contributed by atoms with E-state index < -0.39 is 5.43 Å². The van der Waals surface area contributed by atoms with Gasteiger partial charge in [0.05, 0.1) is 27.9 Å². The average molecular weight is 589 g/mol. The quantitative estimate of drug-likeness (QED) is 0.247. The number of fused-ring (bicyclic) bond motifs is 1. The van der Waals surface area contributed by atoms with Gasteiger partial charge in [0.1, 0.15) is 16.7 Å². The number of hydrogen-bond acceptors (Lipinski definition) is 9. The summed E-state index contributed by atoms with van der Waals surface area (Å²) in [4.78, 5) is 30.0. The van der Waals surface area contributed by atoms with E-state index in [4.69, 9.17) is 23.4 Å². The molecule has 2 heterocycles. The number of phenols is 1. The summed E-state index contributed by atoms with van der Waals surface area (Å²) in [7, 11) is 4.49. The zero-order chi connectivity index (χ0) is 30.3. The molecule has 43 heavy (non-hydrogen) atoms. The Labute approximate surface area is 249 Å². The molecule has 1 aliphatic rings. The van der Waals surface area contributed by atoms with Gasteiger partial charge in [-0.2, -0.15) is 0 Å². The summed E-state index contributed by atoms with van der Waals surface area (Å²) in [6, 6.07) is 17.5. The number of carbonyl (C=O) groups excluding carboxylic acids is 1. The van der Waals surface area contributed by atoms with E-state index in [0.29, 0.717) is 42.5 Å². The highest BCUT2D eigenvalue weighted by Gasteiger charge is 2.23. The number of hydrogen-bond donors (Lipinski definition) is 1. The number of amides is 1. The van der Waals surface area contributed by atoms with Crippen LogP contribution >= 0.6 is 0 Å². The molecule has 10 nitrogen and oxygen atoms in total. The maximum absolute atomic E-state index is 13.0. The molecule has 0 radical (unpaired) electrons. The van der Waals surface area contributed by atoms with E-state index in [0.717, 1.165) is 38.0 Å². The molecule has 0 unspecified atom stereocenters. The minimum atomic E-state index is -0.418. The fourth-order valence-electron chi connectivity index (χ4n) is 5.26. The van der Waals surface area contributed by atoms with Gasteiger partial charge in [-0.3, -0.25) is 14.5 Å². The first-order valence-electron chi connectivity index (χ1n) is 14.2. The molecule has 1 fully saturated rings. The van der Waals surface area contributed by atoms with Crippen LogP contribution in [-0.2, 0) is 0 Å². The zero-order valence-electron chi connectivity index (χ0n) is 24.6. The molecule has 1 amide bonds. The first-order valence-corrected chi connectivity index (χ1v) is 14.2. The maximum Gasteiger partial charge on any atom is 0.253 e. The number of benzene rings is 3. The molecule has 0 saturated carbocycles. The van der Waals surface area contributed by atoms with Crippen molar-refractivity contribution in [1.29, 1.82) is 0 Å². The second-order valence-electron chi connectivity index (χ2n) is 10.2. The van der Waals surface area contributed by atoms with Gasteiger partial charge in [0, 0.05) is 49.4 Å². The van der Waals surface area contributed by atoms with Gasteiger partial charge in [0.25, 0.3) is 5.91 Å². The van der Waals surface area contributed by atoms with Gasteiger partial charge in [-0.05, 0) is 49.7 Å². The Morgan fingerprint density at radius 2 is 1.60 bits per heavy atom. The van der Waals surface area contributed by atoms with Crippen molar-refractivity contribution < 1.29 is 33.3 Å². The Kier molecular flexibility index (Phi) is 9.36. The molecule has 1 N–H and O–H groups in total. The number of carbonyl (C=O) groups is 1. The first kappa shape index (κ1) is 29.8. The summed E-state index contributed by atoms with van der Waals surface area (Å²) >= 11 is 0. The lowest BCUT2D eigenvalue weighted by molar-refractivity contribution is 0.0634. The van der Waals surface area contributed by atoms with E-state index in [1.54, 1.807) is 31.4 Å². The summed E-state index contributed by atoms with van der Waals surface area (Å²) in [5.41, 5.74) is 1.09. The van der Waals surface area contributed by atoms with Crippen LogP contribution in [0.4, 0.5) is 0 Å². The molecule has 226 valence electrons. The predicted molar refractivity (Wildman–Crippen MR) is 163 cm³/mol. The molecule has 0 aliphatic carbocycles. The Balaban J connectivity index is 1.20. The molecule has 1 saturated heterocycles. The fraction of sp³-hybridized carbons (Fsp3) is 0.333. The van der Waals surface area contributed by atoms with Crippen molar-refractivity contribution in [2.45, 2.75) is 12.8 Å². The van der Waals surface area contributed by atoms with Crippen molar-refractivity contribution in [1.82, 2.24) is 9.80 Å². The number of unbranched alkanes of at least 4 members (excludes halogenated alkanes) is 1. The minimum absolute atomic E-state index is 0.0123. The highest BCUT2D eigenvalue weighted by molar-refractivity contribution is 5.94. The molecule has 0 bridgehead atoms. The van der Waals surface area contributed by atoms with Crippen molar-refractivity contribution in [2.24, 2.45) is 0 Å². The van der Waals surface area contributed by atoms with Gasteiger partial charge in [-0.25, -0.2) is 0 Å². The molecule has 4 aromatic rings. The molecule has 1 aliphatic heterocycles. The van der Waals surface area contributed by atoms with Crippen LogP contribution in [-0.4, -0.2) is 81.5 Å². The minimum Gasteiger partial charge on any atom is -0.504 e. The molecule has 0 spiro atoms. The molecule has 5 rings (SSSR count). The van der Waals surface area contributed by atoms with Crippen molar-refractivity contribution in [3.05, 3.63) is 76.5 Å². The summed E-state index contributed by atoms with van der Waals surface area (Å²) < 4.78 is 28.1. The standard InChI is InChI=1S/C33H36N2O8/c1-39-25-12-11-23(19-27(25)40-2)26-20-24(36)30-28(43-26)21-29(32(41-3)31(30)37)42-18-8-7-13-34-14-16-35(17-15-34)33(38)22-9-5-4-6-10-22/h4-6,9-12,19-21,37H,7-8,13-18H2,1-3H3. The largest absolute Gasteiger partial charge is 0.504 e. The van der Waals surface area contributed by atoms with Crippen LogP contribution in [0.1, 0.15) is 23.2 Å². The lowest BCUT2D eigenvalue weighted by atomic mass is 10.1. The second kappa shape index (κ2) is 13.5. The SMILES string of the molecule is COc1ccc(-c2cc(=O)c3c(O)c(OC)c(OCCCCN4CCN(C(=O)c5ccccc5)CC4)cc3o2)cc1OC. The van der Waals surface area contributed by atoms with Crippen LogP contribution in [0, 0.1) is 0 Å². The van der Waals surface area contributed by atoms with Crippen LogP contribution < -0.4 is 24.4 Å². The fourth-order valence-corrected chi connectivity index (χ4v) is 5.26. The van der Waals surface area contributed by atoms with Gasteiger partial charge in [0.2, 0.25) is 5.75 Å². The van der Waals surface area contributed by atoms with Gasteiger partial charge < -0.3 is 33.4 Å². The molecule has 0 atom stereocenters. The molecular formula is C33H36N2O8. The highest BCUT2D eigenvalue weighted by Crippen LogP contribution is 2.42. The van der Waals surface area contributed by atoms with Crippen molar-refractivity contribution in [2.75, 3.05) is 60.7 Å². The molecule has 1 aromatic heterocycles. The van der Waals surface area contributed by atoms with E-state index in [-0.39, 0.29) is 34.1 Å². The topological polar surface area (TPSA) is 111 Å². The molecule has 3 aromatic carbocycles. The van der Waals surface area contributed by atoms with E-state index >= 15 is 0 Å². The third kappa shape index (κ3) is 6.54. The number of rotatable bonds is 11. The van der Waals surface area contributed by atoms with E-state index in [1.807, 2.05) is 35.2 Å². The summed E-state index contributed by atoms with van der Waals surface area (Å²) in [6.07, 6.45) is 1.66. The Hall–Kier alpha value is -4.70. The number of phenolic OH excluding ortho intramolecular Hbond substituents is 1. The first-order chi connectivity index (χ1) is 20.9. The lowest BCUT2D eigenvalue weighted by Crippen LogP contribution is -2.48. The van der Waals surface area contributed by atoms with Crippen molar-refractivity contribution >= 4 is 16.9 Å². The van der Waals surface area contributed by atoms with E-state index in [1.165, 1.54) is 20.3 Å². The van der Waals surface area contributed by atoms with Gasteiger partial charge in [-0.1, -0.05) is 18.2 Å². The lowest BCUT2D eigenvalue weighted by Gasteiger charge is -2.34. The third-order valence-corrected chi connectivity index (χ3v) is 7.59. The van der Waals surface area contributed by atoms with Crippen molar-refractivity contribution in [3.63, 3.8) is 0 Å². The highest BCUT2D eigenvalue weighted by atomic mass is 16.5. The smallest absolute Gasteiger partial charge is 0.253 e. The molecular weight excluding hydrogens is 552 g/mol. The second-order valence-corrected chi connectivity index (χ2v) is 10.2. The third-order valence-electron chi connectivity index (χ3n) is 7.59. The van der Waals surface area contributed by atoms with Gasteiger partial charge in [0.15, 0.2) is 28.4 Å². The van der Waals surface area contributed by atoms with E-state index in [2.05, 4.69) is 4.90 Å². The van der Waals surface area contributed by atoms with Crippen LogP contribution in [0.15, 0.2) is 69.9 Å². The van der Waals surface area contributed by atoms with Crippen LogP contribution in [0.5, 0.6) is 28.7 Å². The number of piperazine rings is 1. The monoisotopic (exact) mass is 588 g/mol. The van der Waals surface area contributed by atoms with Crippen LogP contribution in [0.25, 0.3) is 22.3 Å². The zero-order valence-corrected chi connectivity index (χ0v) is 24.6. The van der Waals surface area contributed by atoms with Gasteiger partial charge >= 0.3 is 0 Å². The van der Waals surface area contributed by atoms with Crippen LogP contribution in [0.3, 0.4) is 0 Å². The summed E-state index contributed by atoms with van der Waals surface area (Å²) in [5, 5.41) is 10.9. The maximum atomic E-state index is 13.0. The van der Waals surface area contributed by atoms with Crippen molar-refractivity contribution in [3.8, 4) is 40.1 Å². The Bertz CT molecular complexity index is 1630. The number of methoxy groups -OCH3 is 3. The predicted octanol–water partition coefficient (Wildman–Crippen LogP) is 4.81. The summed E-state index contributed by atoms with van der Waals surface area (Å²) in [5.74, 6) is 1.46.